The maximum absolute atomic E-state index is 4.89. The lowest BCUT2D eigenvalue weighted by molar-refractivity contribution is 0.342. The van der Waals surface area contributed by atoms with Gasteiger partial charge >= 0.3 is 0 Å². The van der Waals surface area contributed by atoms with E-state index in [9.17, 15) is 0 Å². The van der Waals surface area contributed by atoms with Crippen molar-refractivity contribution in [2.24, 2.45) is 5.92 Å². The molecule has 0 spiro atoms. The molecule has 0 aromatic rings. The van der Waals surface area contributed by atoms with Gasteiger partial charge in [-0.1, -0.05) is 118 Å². The predicted molar refractivity (Wildman–Crippen MR) is 112 cm³/mol. The minimum Gasteiger partial charge on any atom is -0.173 e. The van der Waals surface area contributed by atoms with Gasteiger partial charge in [0.25, 0.3) is 0 Å². The molecule has 0 bridgehead atoms. The molecule has 0 aromatic heterocycles. The third-order valence-corrected chi connectivity index (χ3v) is 5.68. The summed E-state index contributed by atoms with van der Waals surface area (Å²) in [5.74, 6) is 0.803. The zero-order valence-electron chi connectivity index (χ0n) is 16.8. The van der Waals surface area contributed by atoms with E-state index in [4.69, 9.17) is 12.6 Å². The molecule has 0 fully saturated rings. The number of rotatable bonds is 17. The predicted octanol–water partition coefficient (Wildman–Crippen LogP) is 8.59. The highest BCUT2D eigenvalue weighted by Gasteiger charge is 2.24. The highest BCUT2D eigenvalue weighted by atomic mass is 32.1. The molecule has 0 aliphatic carbocycles. The van der Waals surface area contributed by atoms with E-state index in [1.54, 1.807) is 0 Å². The van der Waals surface area contributed by atoms with Crippen LogP contribution in [-0.4, -0.2) is 4.75 Å². The minimum absolute atomic E-state index is 0.199. The summed E-state index contributed by atoms with van der Waals surface area (Å²) in [5, 5.41) is 0. The van der Waals surface area contributed by atoms with Crippen LogP contribution in [-0.2, 0) is 0 Å². The van der Waals surface area contributed by atoms with E-state index < -0.39 is 0 Å². The van der Waals surface area contributed by atoms with Crippen molar-refractivity contribution in [1.29, 1.82) is 0 Å². The van der Waals surface area contributed by atoms with Crippen molar-refractivity contribution in [2.75, 3.05) is 0 Å². The van der Waals surface area contributed by atoms with E-state index >= 15 is 0 Å². The average Bonchev–Trinajstić information content (AvgIpc) is 2.50. The van der Waals surface area contributed by atoms with Gasteiger partial charge in [0.2, 0.25) is 0 Å². The molecule has 0 aliphatic heterocycles. The highest BCUT2D eigenvalue weighted by molar-refractivity contribution is 7.81. The van der Waals surface area contributed by atoms with Crippen molar-refractivity contribution in [3.05, 3.63) is 0 Å². The Morgan fingerprint density at radius 3 is 1.17 bits per heavy atom. The van der Waals surface area contributed by atoms with E-state index in [0.29, 0.717) is 0 Å². The summed E-state index contributed by atoms with van der Waals surface area (Å²) < 4.78 is 0.199. The summed E-state index contributed by atoms with van der Waals surface area (Å²) in [5.41, 5.74) is 0. The molecule has 1 heteroatoms. The highest BCUT2D eigenvalue weighted by Crippen LogP contribution is 2.33. The van der Waals surface area contributed by atoms with Crippen molar-refractivity contribution in [2.45, 2.75) is 135 Å². The number of hydrogen-bond donors (Lipinski definition) is 1. The van der Waals surface area contributed by atoms with Gasteiger partial charge in [0.05, 0.1) is 0 Å². The van der Waals surface area contributed by atoms with E-state index in [1.807, 2.05) is 0 Å². The first kappa shape index (κ1) is 23.4. The molecule has 0 rings (SSSR count). The van der Waals surface area contributed by atoms with Crippen molar-refractivity contribution in [1.82, 2.24) is 0 Å². The summed E-state index contributed by atoms with van der Waals surface area (Å²) in [6, 6.07) is 0. The van der Waals surface area contributed by atoms with Crippen LogP contribution in [0, 0.1) is 5.92 Å². The Kier molecular flexibility index (Phi) is 16.1. The molecule has 1 unspecified atom stereocenters. The van der Waals surface area contributed by atoms with Crippen LogP contribution in [0.4, 0.5) is 0 Å². The maximum atomic E-state index is 4.89. The first-order valence-corrected chi connectivity index (χ1v) is 11.2. The molecule has 0 saturated carbocycles. The van der Waals surface area contributed by atoms with Crippen LogP contribution in [0.3, 0.4) is 0 Å². The Morgan fingerprint density at radius 1 is 0.565 bits per heavy atom. The summed E-state index contributed by atoms with van der Waals surface area (Å²) >= 11 is 4.89. The SMILES string of the molecule is CCCCCCCCCCC(CCCCCCCC)C(C)(C)S. The van der Waals surface area contributed by atoms with E-state index in [-0.39, 0.29) is 4.75 Å². The van der Waals surface area contributed by atoms with E-state index in [1.165, 1.54) is 103 Å². The zero-order valence-corrected chi connectivity index (χ0v) is 17.7. The van der Waals surface area contributed by atoms with Gasteiger partial charge < -0.3 is 0 Å². The number of hydrogen-bond acceptors (Lipinski definition) is 1. The summed E-state index contributed by atoms with van der Waals surface area (Å²) in [6.45, 7) is 9.23. The Bertz CT molecular complexity index is 229. The first-order valence-electron chi connectivity index (χ1n) is 10.7. The first-order chi connectivity index (χ1) is 11.0. The van der Waals surface area contributed by atoms with E-state index in [0.717, 1.165) is 5.92 Å². The Balaban J connectivity index is 3.69. The molecule has 0 aliphatic rings. The molecule has 0 saturated heterocycles. The van der Waals surface area contributed by atoms with E-state index in [2.05, 4.69) is 27.7 Å². The smallest absolute Gasteiger partial charge is 0.0101 e. The molecule has 0 amide bonds. The Hall–Kier alpha value is 0.350. The molecule has 140 valence electrons. The lowest BCUT2D eigenvalue weighted by Gasteiger charge is -2.30. The molecule has 1 atom stereocenters. The summed E-state index contributed by atoms with van der Waals surface area (Å²) in [4.78, 5) is 0. The van der Waals surface area contributed by atoms with Gasteiger partial charge in [0.1, 0.15) is 0 Å². The zero-order chi connectivity index (χ0) is 17.4. The monoisotopic (exact) mass is 342 g/mol. The third-order valence-electron chi connectivity index (χ3n) is 5.31. The Labute approximate surface area is 154 Å². The number of unbranched alkanes of at least 4 members (excludes halogenated alkanes) is 12. The lowest BCUT2D eigenvalue weighted by atomic mass is 9.85. The topological polar surface area (TPSA) is 0 Å². The van der Waals surface area contributed by atoms with Crippen molar-refractivity contribution < 1.29 is 0 Å². The minimum atomic E-state index is 0.199. The van der Waals surface area contributed by atoms with Crippen LogP contribution in [0.15, 0.2) is 0 Å². The van der Waals surface area contributed by atoms with Gasteiger partial charge in [-0.3, -0.25) is 0 Å². The fraction of sp³-hybridized carbons (Fsp3) is 1.00. The lowest BCUT2D eigenvalue weighted by Crippen LogP contribution is -2.24. The molecular weight excluding hydrogens is 296 g/mol. The van der Waals surface area contributed by atoms with Crippen LogP contribution in [0.1, 0.15) is 130 Å². The molecule has 0 N–H and O–H groups in total. The van der Waals surface area contributed by atoms with Gasteiger partial charge in [-0.25, -0.2) is 0 Å². The third kappa shape index (κ3) is 15.6. The van der Waals surface area contributed by atoms with Gasteiger partial charge in [0.15, 0.2) is 0 Å². The largest absolute Gasteiger partial charge is 0.173 e. The van der Waals surface area contributed by atoms with Gasteiger partial charge in [0, 0.05) is 4.75 Å². The molecule has 23 heavy (non-hydrogen) atoms. The van der Waals surface area contributed by atoms with Crippen molar-refractivity contribution in [3.63, 3.8) is 0 Å². The van der Waals surface area contributed by atoms with Crippen LogP contribution in [0.25, 0.3) is 0 Å². The second-order valence-corrected chi connectivity index (χ2v) is 9.32. The fourth-order valence-corrected chi connectivity index (χ4v) is 3.80. The second kappa shape index (κ2) is 15.9. The van der Waals surface area contributed by atoms with Crippen LogP contribution >= 0.6 is 12.6 Å². The van der Waals surface area contributed by atoms with Crippen LogP contribution in [0.5, 0.6) is 0 Å². The second-order valence-electron chi connectivity index (χ2n) is 8.17. The quantitative estimate of drug-likeness (QED) is 0.198. The molecule has 0 nitrogen and oxygen atoms in total. The Morgan fingerprint density at radius 2 is 0.870 bits per heavy atom. The summed E-state index contributed by atoms with van der Waals surface area (Å²) in [7, 11) is 0. The van der Waals surface area contributed by atoms with Crippen molar-refractivity contribution >= 4 is 12.6 Å². The maximum Gasteiger partial charge on any atom is 0.0101 e. The van der Waals surface area contributed by atoms with Gasteiger partial charge in [-0.15, -0.1) is 0 Å². The van der Waals surface area contributed by atoms with Gasteiger partial charge in [-0.2, -0.15) is 12.6 Å². The van der Waals surface area contributed by atoms with Crippen molar-refractivity contribution in [3.8, 4) is 0 Å². The van der Waals surface area contributed by atoms with Crippen LogP contribution in [0.2, 0.25) is 0 Å². The van der Waals surface area contributed by atoms with Crippen LogP contribution < -0.4 is 0 Å². The molecular formula is C22H46S. The number of thiol groups is 1. The van der Waals surface area contributed by atoms with Gasteiger partial charge in [-0.05, 0) is 18.8 Å². The molecule has 0 heterocycles. The standard InChI is InChI=1S/C22H46S/c1-5-7-9-11-13-14-16-18-20-21(22(3,4)23)19-17-15-12-10-8-6-2/h21,23H,5-20H2,1-4H3. The average molecular weight is 343 g/mol. The fourth-order valence-electron chi connectivity index (χ4n) is 3.55. The molecule has 0 aromatic carbocycles. The normalized spacial score (nSPS) is 13.4. The molecule has 0 radical (unpaired) electrons. The summed E-state index contributed by atoms with van der Waals surface area (Å²) in [6.07, 6.45) is 22.7.